The van der Waals surface area contributed by atoms with Gasteiger partial charge in [0.1, 0.15) is 0 Å². The minimum absolute atomic E-state index is 0.404. The van der Waals surface area contributed by atoms with Crippen LogP contribution in [0.5, 0.6) is 11.5 Å². The van der Waals surface area contributed by atoms with Crippen LogP contribution >= 0.6 is 0 Å². The van der Waals surface area contributed by atoms with Crippen molar-refractivity contribution in [3.63, 3.8) is 0 Å². The maximum Gasteiger partial charge on any atom is 0.153 e. The molecule has 58 heavy (non-hydrogen) atoms. The summed E-state index contributed by atoms with van der Waals surface area (Å²) in [6.07, 6.45) is 0. The van der Waals surface area contributed by atoms with Gasteiger partial charge in [-0.2, -0.15) is 0 Å². The van der Waals surface area contributed by atoms with Gasteiger partial charge in [0, 0.05) is 28.2 Å². The summed E-state index contributed by atoms with van der Waals surface area (Å²) in [6, 6.07) is 74.2. The second kappa shape index (κ2) is 13.4. The average molecular weight is 745 g/mol. The van der Waals surface area contributed by atoms with Crippen LogP contribution in [0.1, 0.15) is 25.0 Å². The monoisotopic (exact) mass is 744 g/mol. The number of nitrogens with zero attached hydrogens (tertiary/aromatic N) is 2. The van der Waals surface area contributed by atoms with Crippen molar-refractivity contribution in [2.75, 3.05) is 9.80 Å². The molecule has 0 saturated carbocycles. The number of hydrogen-bond donors (Lipinski definition) is 0. The Morgan fingerprint density at radius 3 is 1.79 bits per heavy atom. The van der Waals surface area contributed by atoms with Gasteiger partial charge in [-0.3, -0.25) is 0 Å². The first-order chi connectivity index (χ1) is 28.5. The van der Waals surface area contributed by atoms with Gasteiger partial charge in [-0.25, -0.2) is 0 Å². The predicted molar refractivity (Wildman–Crippen MR) is 242 cm³/mol. The quantitative estimate of drug-likeness (QED) is 0.169. The molecule has 276 valence electrons. The van der Waals surface area contributed by atoms with Crippen LogP contribution < -0.4 is 14.5 Å². The van der Waals surface area contributed by atoms with E-state index in [2.05, 4.69) is 230 Å². The molecule has 0 radical (unpaired) electrons. The lowest BCUT2D eigenvalue weighted by atomic mass is 9.70. The largest absolute Gasteiger partial charge is 0.453 e. The minimum Gasteiger partial charge on any atom is -0.453 e. The maximum absolute atomic E-state index is 7.12. The fourth-order valence-electron chi connectivity index (χ4n) is 9.24. The zero-order valence-corrected chi connectivity index (χ0v) is 32.4. The summed E-state index contributed by atoms with van der Waals surface area (Å²) in [4.78, 5) is 4.87. The number of hydrogen-bond acceptors (Lipinski definition) is 3. The van der Waals surface area contributed by atoms with E-state index >= 15 is 0 Å². The highest BCUT2D eigenvalue weighted by atomic mass is 16.5. The van der Waals surface area contributed by atoms with Gasteiger partial charge in [-0.15, -0.1) is 0 Å². The summed E-state index contributed by atoms with van der Waals surface area (Å²) in [5, 5.41) is 2.34. The topological polar surface area (TPSA) is 15.7 Å². The van der Waals surface area contributed by atoms with Crippen LogP contribution in [-0.4, -0.2) is 0 Å². The Morgan fingerprint density at radius 1 is 0.431 bits per heavy atom. The Kier molecular flexibility index (Phi) is 7.84. The second-order valence-electron chi connectivity index (χ2n) is 15.8. The van der Waals surface area contributed by atoms with Gasteiger partial charge in [0.15, 0.2) is 11.5 Å². The molecule has 0 aliphatic carbocycles. The Morgan fingerprint density at radius 2 is 1.05 bits per heavy atom. The number of anilines is 6. The molecule has 0 unspecified atom stereocenters. The van der Waals surface area contributed by atoms with Crippen LogP contribution in [0.15, 0.2) is 206 Å². The Labute approximate surface area is 339 Å². The predicted octanol–water partition coefficient (Wildman–Crippen LogP) is 15.5. The van der Waals surface area contributed by atoms with Gasteiger partial charge >= 0.3 is 0 Å². The van der Waals surface area contributed by atoms with Gasteiger partial charge < -0.3 is 14.5 Å². The summed E-state index contributed by atoms with van der Waals surface area (Å²) in [5.41, 5.74) is 15.8. The van der Waals surface area contributed by atoms with Gasteiger partial charge in [0.25, 0.3) is 0 Å². The molecule has 2 heterocycles. The molecule has 0 spiro atoms. The van der Waals surface area contributed by atoms with E-state index in [9.17, 15) is 0 Å². The van der Waals surface area contributed by atoms with E-state index in [-0.39, 0.29) is 0 Å². The highest BCUT2D eigenvalue weighted by molar-refractivity contribution is 6.07. The lowest BCUT2D eigenvalue weighted by molar-refractivity contribution is 0.472. The van der Waals surface area contributed by atoms with E-state index in [4.69, 9.17) is 4.74 Å². The lowest BCUT2D eigenvalue weighted by Gasteiger charge is -2.46. The van der Waals surface area contributed by atoms with Crippen molar-refractivity contribution < 1.29 is 4.74 Å². The number of fused-ring (bicyclic) bond motifs is 6. The Hall–Kier alpha value is -7.36. The van der Waals surface area contributed by atoms with Crippen LogP contribution in [0.2, 0.25) is 0 Å². The van der Waals surface area contributed by atoms with Gasteiger partial charge in [-0.05, 0) is 92.4 Å². The molecule has 3 heteroatoms. The van der Waals surface area contributed by atoms with Crippen molar-refractivity contribution in [1.29, 1.82) is 0 Å². The lowest BCUT2D eigenvalue weighted by Crippen LogP contribution is -2.33. The van der Waals surface area contributed by atoms with Crippen molar-refractivity contribution in [3.8, 4) is 44.9 Å². The van der Waals surface area contributed by atoms with Crippen LogP contribution in [0, 0.1) is 0 Å². The second-order valence-corrected chi connectivity index (χ2v) is 15.8. The number of rotatable bonds is 6. The van der Waals surface area contributed by atoms with Gasteiger partial charge in [0.2, 0.25) is 0 Å². The SMILES string of the molecule is CC1(C)c2cc(N(c3ccc(-c4ccccc4)cc3)c3cccc(-c4ccccc4)c3)cc3c2N(c2cccc(-c4ccccc4)c21)c1c(ccc2ccccc12)O3. The zero-order chi connectivity index (χ0) is 38.8. The van der Waals surface area contributed by atoms with Crippen molar-refractivity contribution in [3.05, 3.63) is 217 Å². The highest BCUT2D eigenvalue weighted by Crippen LogP contribution is 2.63. The summed E-state index contributed by atoms with van der Waals surface area (Å²) in [6.45, 7) is 4.76. The molecule has 0 fully saturated rings. The first kappa shape index (κ1) is 33.9. The molecule has 2 aliphatic rings. The molecule has 3 nitrogen and oxygen atoms in total. The normalized spacial score (nSPS) is 13.2. The molecule has 2 aliphatic heterocycles. The number of ether oxygens (including phenoxy) is 1. The molecule has 9 aromatic carbocycles. The third kappa shape index (κ3) is 5.43. The van der Waals surface area contributed by atoms with Crippen LogP contribution in [0.25, 0.3) is 44.2 Å². The van der Waals surface area contributed by atoms with Crippen LogP contribution in [-0.2, 0) is 5.41 Å². The Balaban J connectivity index is 1.17. The van der Waals surface area contributed by atoms with E-state index in [0.717, 1.165) is 50.9 Å². The number of benzene rings is 9. The smallest absolute Gasteiger partial charge is 0.153 e. The maximum atomic E-state index is 7.12. The summed E-state index contributed by atoms with van der Waals surface area (Å²) in [7, 11) is 0. The van der Waals surface area contributed by atoms with E-state index < -0.39 is 5.41 Å². The Bertz CT molecular complexity index is 2990. The molecule has 0 atom stereocenters. The van der Waals surface area contributed by atoms with Crippen molar-refractivity contribution in [2.45, 2.75) is 19.3 Å². The molecular weight excluding hydrogens is 705 g/mol. The molecule has 0 N–H and O–H groups in total. The van der Waals surface area contributed by atoms with E-state index in [1.165, 1.54) is 50.0 Å². The van der Waals surface area contributed by atoms with Crippen molar-refractivity contribution in [1.82, 2.24) is 0 Å². The molecule has 0 saturated heterocycles. The standard InChI is InChI=1S/C55H40N2O/c1-55(2)48-35-45(56(43-31-28-39(29-32-43)37-16-6-3-7-17-37)44-24-14-23-42(34-44)38-18-8-4-9-19-38)36-51-54(48)57(53-47-25-13-12-22-41(47)30-33-50(53)58-51)49-27-15-26-46(52(49)55)40-20-10-5-11-21-40/h3-36H,1-2H3. The van der Waals surface area contributed by atoms with Crippen molar-refractivity contribution in [2.24, 2.45) is 0 Å². The fraction of sp³-hybridized carbons (Fsp3) is 0.0545. The first-order valence-electron chi connectivity index (χ1n) is 20.0. The molecule has 11 rings (SSSR count). The van der Waals surface area contributed by atoms with E-state index in [1.807, 2.05) is 0 Å². The van der Waals surface area contributed by atoms with Gasteiger partial charge in [-0.1, -0.05) is 172 Å². The fourth-order valence-corrected chi connectivity index (χ4v) is 9.24. The van der Waals surface area contributed by atoms with Crippen LogP contribution in [0.3, 0.4) is 0 Å². The molecule has 0 aromatic heterocycles. The first-order valence-corrected chi connectivity index (χ1v) is 20.0. The van der Waals surface area contributed by atoms with Gasteiger partial charge in [0.05, 0.1) is 22.7 Å². The zero-order valence-electron chi connectivity index (χ0n) is 32.4. The summed E-state index contributed by atoms with van der Waals surface area (Å²) in [5.74, 6) is 1.68. The molecule has 9 aromatic rings. The molecule has 0 bridgehead atoms. The summed E-state index contributed by atoms with van der Waals surface area (Å²) < 4.78 is 7.12. The molecule has 0 amide bonds. The molecular formula is C55H40N2O. The van der Waals surface area contributed by atoms with E-state index in [0.29, 0.717) is 0 Å². The average Bonchev–Trinajstić information content (AvgIpc) is 3.28. The third-order valence-electron chi connectivity index (χ3n) is 12.0. The van der Waals surface area contributed by atoms with Crippen LogP contribution in [0.4, 0.5) is 34.1 Å². The highest BCUT2D eigenvalue weighted by Gasteiger charge is 2.44. The third-order valence-corrected chi connectivity index (χ3v) is 12.0. The summed E-state index contributed by atoms with van der Waals surface area (Å²) >= 11 is 0. The van der Waals surface area contributed by atoms with Crippen molar-refractivity contribution >= 4 is 44.9 Å². The minimum atomic E-state index is -0.404. The van der Waals surface area contributed by atoms with E-state index in [1.54, 1.807) is 0 Å².